The minimum atomic E-state index is -1.37. The Morgan fingerprint density at radius 3 is 2.19 bits per heavy atom. The molecule has 0 saturated heterocycles. The lowest BCUT2D eigenvalue weighted by Gasteiger charge is -2.27. The van der Waals surface area contributed by atoms with Gasteiger partial charge in [0.25, 0.3) is 0 Å². The van der Waals surface area contributed by atoms with Crippen LogP contribution in [-0.2, 0) is 9.59 Å². The number of aliphatic hydroxyl groups is 2. The smallest absolute Gasteiger partial charge is 0.305 e. The molecule has 1 aromatic carbocycles. The van der Waals surface area contributed by atoms with Crippen LogP contribution in [0.4, 0.5) is 5.69 Å². The Bertz CT molecular complexity index is 497. The number of hydrogen-bond acceptors (Lipinski definition) is 5. The molecule has 0 aliphatic carbocycles. The Kier molecular flexibility index (Phi) is 5.69. The third-order valence-electron chi connectivity index (χ3n) is 3.27. The number of carboxylic acids is 1. The fraction of sp³-hybridized carbons (Fsp3) is 0.429. The first-order valence-electron chi connectivity index (χ1n) is 6.42. The monoisotopic (exact) mass is 296 g/mol. The van der Waals surface area contributed by atoms with E-state index in [1.807, 2.05) is 0 Å². The molecule has 1 aromatic rings. The Morgan fingerprint density at radius 2 is 1.76 bits per heavy atom. The molecule has 116 valence electrons. The van der Waals surface area contributed by atoms with E-state index >= 15 is 0 Å². The van der Waals surface area contributed by atoms with Crippen LogP contribution in [0.3, 0.4) is 0 Å². The molecular formula is C14H20N2O5. The molecule has 1 rings (SSSR count). The number of benzene rings is 1. The Balaban J connectivity index is 2.96. The van der Waals surface area contributed by atoms with E-state index in [0.29, 0.717) is 11.3 Å². The number of nitrogens with two attached hydrogens (primary N) is 1. The summed E-state index contributed by atoms with van der Waals surface area (Å²) in [7, 11) is 0. The first-order valence-corrected chi connectivity index (χ1v) is 6.42. The average Bonchev–Trinajstić information content (AvgIpc) is 2.45. The highest BCUT2D eigenvalue weighted by Gasteiger charge is 2.33. The molecule has 1 atom stereocenters. The van der Waals surface area contributed by atoms with Crippen molar-refractivity contribution in [2.45, 2.75) is 19.4 Å². The summed E-state index contributed by atoms with van der Waals surface area (Å²) < 4.78 is 0. The number of nitrogens with one attached hydrogen (secondary N) is 1. The van der Waals surface area contributed by atoms with E-state index in [1.165, 1.54) is 6.92 Å². The van der Waals surface area contributed by atoms with Crippen molar-refractivity contribution in [2.24, 2.45) is 5.41 Å². The summed E-state index contributed by atoms with van der Waals surface area (Å²) in [5, 5.41) is 29.9. The average molecular weight is 296 g/mol. The first-order chi connectivity index (χ1) is 9.82. The van der Waals surface area contributed by atoms with Crippen LogP contribution >= 0.6 is 0 Å². The van der Waals surface area contributed by atoms with Crippen LogP contribution in [0.5, 0.6) is 0 Å². The minimum Gasteiger partial charge on any atom is -0.481 e. The van der Waals surface area contributed by atoms with Gasteiger partial charge in [0.1, 0.15) is 0 Å². The van der Waals surface area contributed by atoms with Crippen LogP contribution in [0.2, 0.25) is 0 Å². The third kappa shape index (κ3) is 4.44. The molecule has 0 saturated carbocycles. The van der Waals surface area contributed by atoms with Crippen molar-refractivity contribution in [3.63, 3.8) is 0 Å². The Morgan fingerprint density at radius 1 is 1.24 bits per heavy atom. The largest absolute Gasteiger partial charge is 0.481 e. The maximum atomic E-state index is 12.1. The normalized spacial score (nSPS) is 12.7. The molecule has 0 bridgehead atoms. The van der Waals surface area contributed by atoms with Crippen molar-refractivity contribution >= 4 is 17.6 Å². The molecule has 1 unspecified atom stereocenters. The second kappa shape index (κ2) is 7.05. The fourth-order valence-electron chi connectivity index (χ4n) is 1.68. The number of rotatable bonds is 7. The van der Waals surface area contributed by atoms with Gasteiger partial charge in [0.15, 0.2) is 0 Å². The van der Waals surface area contributed by atoms with Gasteiger partial charge in [-0.05, 0) is 24.6 Å². The second-order valence-electron chi connectivity index (χ2n) is 5.17. The van der Waals surface area contributed by atoms with Gasteiger partial charge in [0.05, 0.1) is 31.1 Å². The highest BCUT2D eigenvalue weighted by atomic mass is 16.4. The zero-order valence-corrected chi connectivity index (χ0v) is 11.7. The lowest BCUT2D eigenvalue weighted by Crippen LogP contribution is -2.45. The van der Waals surface area contributed by atoms with Gasteiger partial charge in [0.2, 0.25) is 5.91 Å². The molecular weight excluding hydrogens is 276 g/mol. The number of aliphatic hydroxyl groups excluding tert-OH is 2. The highest BCUT2D eigenvalue weighted by Crippen LogP contribution is 2.22. The number of nitrogen functional groups attached to an aromatic ring is 1. The summed E-state index contributed by atoms with van der Waals surface area (Å²) in [5.41, 5.74) is 5.31. The van der Waals surface area contributed by atoms with E-state index in [1.54, 1.807) is 24.3 Å². The number of aliphatic carboxylic acids is 1. The minimum absolute atomic E-state index is 0.317. The molecule has 0 heterocycles. The number of carboxylic acid groups (broad SMARTS) is 1. The van der Waals surface area contributed by atoms with E-state index in [9.17, 15) is 19.8 Å². The van der Waals surface area contributed by atoms with Crippen LogP contribution in [0.15, 0.2) is 24.3 Å². The fourth-order valence-corrected chi connectivity index (χ4v) is 1.68. The lowest BCUT2D eigenvalue weighted by atomic mass is 9.90. The zero-order chi connectivity index (χ0) is 16.0. The molecule has 0 radical (unpaired) electrons. The van der Waals surface area contributed by atoms with E-state index in [2.05, 4.69) is 5.32 Å². The quantitative estimate of drug-likeness (QED) is 0.446. The number of carbonyl (C=O) groups is 2. The van der Waals surface area contributed by atoms with E-state index < -0.39 is 36.5 Å². The number of anilines is 1. The van der Waals surface area contributed by atoms with Crippen molar-refractivity contribution in [2.75, 3.05) is 18.9 Å². The standard InChI is InChI=1S/C14H20N2O5/c1-14(7-17,8-18)13(21)16-11(6-12(19)20)9-2-4-10(15)5-3-9/h2-5,11,17-18H,6-8,15H2,1H3,(H,16,21)(H,19,20). The number of hydrogen-bond donors (Lipinski definition) is 5. The van der Waals surface area contributed by atoms with Crippen LogP contribution in [0.1, 0.15) is 24.9 Å². The summed E-state index contributed by atoms with van der Waals surface area (Å²) in [6, 6.07) is 5.69. The maximum Gasteiger partial charge on any atom is 0.305 e. The summed E-state index contributed by atoms with van der Waals surface area (Å²) >= 11 is 0. The summed E-state index contributed by atoms with van der Waals surface area (Å²) in [6.07, 6.45) is -0.317. The van der Waals surface area contributed by atoms with Gasteiger partial charge >= 0.3 is 5.97 Å². The van der Waals surface area contributed by atoms with Gasteiger partial charge in [-0.25, -0.2) is 0 Å². The summed E-state index contributed by atoms with van der Waals surface area (Å²) in [6.45, 7) is 0.302. The predicted molar refractivity (Wildman–Crippen MR) is 76.3 cm³/mol. The Hall–Kier alpha value is -2.12. The molecule has 7 nitrogen and oxygen atoms in total. The summed E-state index contributed by atoms with van der Waals surface area (Å²) in [5.74, 6) is -1.69. The zero-order valence-electron chi connectivity index (χ0n) is 11.7. The lowest BCUT2D eigenvalue weighted by molar-refractivity contribution is -0.139. The molecule has 0 spiro atoms. The van der Waals surface area contributed by atoms with Gasteiger partial charge in [-0.1, -0.05) is 12.1 Å². The molecule has 0 aliphatic heterocycles. The van der Waals surface area contributed by atoms with E-state index in [4.69, 9.17) is 10.8 Å². The molecule has 6 N–H and O–H groups in total. The SMILES string of the molecule is CC(CO)(CO)C(=O)NC(CC(=O)O)c1ccc(N)cc1. The molecule has 21 heavy (non-hydrogen) atoms. The Labute approximate surface area is 122 Å². The van der Waals surface area contributed by atoms with Gasteiger partial charge < -0.3 is 26.4 Å². The van der Waals surface area contributed by atoms with Gasteiger partial charge in [-0.15, -0.1) is 0 Å². The van der Waals surface area contributed by atoms with Gasteiger partial charge in [-0.3, -0.25) is 9.59 Å². The third-order valence-corrected chi connectivity index (χ3v) is 3.27. The van der Waals surface area contributed by atoms with Gasteiger partial charge in [-0.2, -0.15) is 0 Å². The molecule has 7 heteroatoms. The van der Waals surface area contributed by atoms with Crippen molar-refractivity contribution < 1.29 is 24.9 Å². The van der Waals surface area contributed by atoms with E-state index in [0.717, 1.165) is 0 Å². The summed E-state index contributed by atoms with van der Waals surface area (Å²) in [4.78, 5) is 23.1. The van der Waals surface area contributed by atoms with E-state index in [-0.39, 0.29) is 6.42 Å². The van der Waals surface area contributed by atoms with Gasteiger partial charge in [0, 0.05) is 5.69 Å². The molecule has 0 fully saturated rings. The van der Waals surface area contributed by atoms with Crippen LogP contribution < -0.4 is 11.1 Å². The topological polar surface area (TPSA) is 133 Å². The van der Waals surface area contributed by atoms with Crippen LogP contribution in [-0.4, -0.2) is 40.4 Å². The van der Waals surface area contributed by atoms with Crippen LogP contribution in [0, 0.1) is 5.41 Å². The molecule has 1 amide bonds. The van der Waals surface area contributed by atoms with Crippen molar-refractivity contribution in [1.29, 1.82) is 0 Å². The van der Waals surface area contributed by atoms with Crippen molar-refractivity contribution in [3.8, 4) is 0 Å². The second-order valence-corrected chi connectivity index (χ2v) is 5.17. The molecule has 0 aliphatic rings. The van der Waals surface area contributed by atoms with Crippen LogP contribution in [0.25, 0.3) is 0 Å². The number of carbonyl (C=O) groups excluding carboxylic acids is 1. The number of amides is 1. The van der Waals surface area contributed by atoms with Crippen molar-refractivity contribution in [1.82, 2.24) is 5.32 Å². The molecule has 0 aromatic heterocycles. The maximum absolute atomic E-state index is 12.1. The highest BCUT2D eigenvalue weighted by molar-refractivity contribution is 5.83. The predicted octanol–water partition coefficient (Wildman–Crippen LogP) is -0.108. The first kappa shape index (κ1) is 16.9. The van der Waals surface area contributed by atoms with Crippen molar-refractivity contribution in [3.05, 3.63) is 29.8 Å².